The molecule has 1 fully saturated rings. The summed E-state index contributed by atoms with van der Waals surface area (Å²) in [5.74, 6) is 0. The van der Waals surface area contributed by atoms with Crippen molar-refractivity contribution in [1.82, 2.24) is 10.9 Å². The highest BCUT2D eigenvalue weighted by Gasteiger charge is 2.65. The second-order valence-corrected chi connectivity index (χ2v) is 7.60. The molecule has 2 aliphatic rings. The Morgan fingerprint density at radius 1 is 0.500 bits per heavy atom. The monoisotopic (exact) mass is 448 g/mol. The fourth-order valence-corrected chi connectivity index (χ4v) is 3.62. The molecule has 1 saturated heterocycles. The van der Waals surface area contributed by atoms with Gasteiger partial charge in [-0.05, 0) is 27.8 Å². The van der Waals surface area contributed by atoms with Crippen LogP contribution >= 0.6 is 0 Å². The summed E-state index contributed by atoms with van der Waals surface area (Å²) in [6.07, 6.45) is -9.04. The van der Waals surface area contributed by atoms with Gasteiger partial charge in [0.25, 0.3) is 0 Å². The van der Waals surface area contributed by atoms with E-state index in [4.69, 9.17) is 0 Å². The maximum Gasteiger partial charge on any atom is 0.442 e. The summed E-state index contributed by atoms with van der Waals surface area (Å²) < 4.78 is 78.9. The summed E-state index contributed by atoms with van der Waals surface area (Å²) in [5, 5.41) is 6.38. The van der Waals surface area contributed by atoms with Crippen molar-refractivity contribution < 1.29 is 26.3 Å². The lowest BCUT2D eigenvalue weighted by Crippen LogP contribution is -2.34. The summed E-state index contributed by atoms with van der Waals surface area (Å²) in [7, 11) is 0. The van der Waals surface area contributed by atoms with Gasteiger partial charge in [-0.1, -0.05) is 72.8 Å². The third-order valence-corrected chi connectivity index (χ3v) is 5.65. The van der Waals surface area contributed by atoms with E-state index in [-0.39, 0.29) is 11.1 Å². The topological polar surface area (TPSA) is 68.6 Å². The first kappa shape index (κ1) is 20.7. The van der Waals surface area contributed by atoms with E-state index >= 15 is 0 Å². The minimum atomic E-state index is -4.57. The smallest absolute Gasteiger partial charge is 0.223 e. The standard InChI is InChI=1S/C22H14F6N4/c23-21(24,25)19(29-30-19)17-9-5-15(6-10-17)13-1-2-14(4-3-13)16-7-11-18(12-8-16)20(31-32-20)22(26,27)28/h1-12,29-30H. The molecule has 2 N–H and O–H groups in total. The number of hydrogen-bond acceptors (Lipinski definition) is 4. The number of rotatable bonds is 4. The van der Waals surface area contributed by atoms with Crippen LogP contribution in [0.2, 0.25) is 0 Å². The quantitative estimate of drug-likeness (QED) is 0.378. The average Bonchev–Trinajstić information content (AvgIpc) is 3.66. The normalized spacial score (nSPS) is 18.4. The molecule has 164 valence electrons. The number of benzene rings is 3. The van der Waals surface area contributed by atoms with Crippen molar-refractivity contribution in [3.05, 3.63) is 83.9 Å². The molecule has 3 aromatic rings. The van der Waals surface area contributed by atoms with Crippen LogP contribution in [0.25, 0.3) is 22.3 Å². The Labute approximate surface area is 178 Å². The maximum absolute atomic E-state index is 13.2. The second-order valence-electron chi connectivity index (χ2n) is 7.60. The molecular formula is C22H14F6N4. The number of hydrogen-bond donors (Lipinski definition) is 2. The molecule has 0 aromatic heterocycles. The number of alkyl halides is 6. The second kappa shape index (κ2) is 6.63. The fraction of sp³-hybridized carbons (Fsp3) is 0.182. The third-order valence-electron chi connectivity index (χ3n) is 5.65. The Balaban J connectivity index is 1.34. The van der Waals surface area contributed by atoms with E-state index in [1.54, 1.807) is 48.5 Å². The maximum atomic E-state index is 13.2. The summed E-state index contributed by atoms with van der Waals surface area (Å²) in [4.78, 5) is 0. The van der Waals surface area contributed by atoms with Gasteiger partial charge in [0, 0.05) is 5.56 Å². The van der Waals surface area contributed by atoms with Gasteiger partial charge in [0.1, 0.15) is 0 Å². The van der Waals surface area contributed by atoms with Gasteiger partial charge in [0.2, 0.25) is 5.66 Å². The van der Waals surface area contributed by atoms with Gasteiger partial charge < -0.3 is 0 Å². The van der Waals surface area contributed by atoms with Gasteiger partial charge in [0.15, 0.2) is 0 Å². The van der Waals surface area contributed by atoms with E-state index in [1.165, 1.54) is 24.3 Å². The Kier molecular flexibility index (Phi) is 4.28. The molecule has 32 heavy (non-hydrogen) atoms. The highest BCUT2D eigenvalue weighted by molar-refractivity contribution is 5.71. The predicted molar refractivity (Wildman–Crippen MR) is 104 cm³/mol. The molecule has 0 saturated carbocycles. The Hall–Kier alpha value is -3.24. The molecule has 2 heterocycles. The highest BCUT2D eigenvalue weighted by Crippen LogP contribution is 2.52. The fourth-order valence-electron chi connectivity index (χ4n) is 3.62. The van der Waals surface area contributed by atoms with E-state index in [0.29, 0.717) is 5.56 Å². The first-order valence-corrected chi connectivity index (χ1v) is 9.50. The van der Waals surface area contributed by atoms with Crippen molar-refractivity contribution >= 4 is 0 Å². The summed E-state index contributed by atoms with van der Waals surface area (Å²) >= 11 is 0. The van der Waals surface area contributed by atoms with Crippen LogP contribution in [0, 0.1) is 0 Å². The van der Waals surface area contributed by atoms with Crippen molar-refractivity contribution in [3.63, 3.8) is 0 Å². The molecule has 0 bridgehead atoms. The van der Waals surface area contributed by atoms with Gasteiger partial charge in [-0.2, -0.15) is 26.3 Å². The molecule has 0 radical (unpaired) electrons. The molecule has 2 aliphatic heterocycles. The molecule has 0 aliphatic carbocycles. The summed E-state index contributed by atoms with van der Waals surface area (Å²) in [5.41, 5.74) is 2.73. The van der Waals surface area contributed by atoms with Gasteiger partial charge >= 0.3 is 18.0 Å². The lowest BCUT2D eigenvalue weighted by Gasteiger charge is -2.16. The molecule has 5 rings (SSSR count). The molecule has 0 amide bonds. The number of halogens is 6. The lowest BCUT2D eigenvalue weighted by molar-refractivity contribution is -0.166. The molecule has 10 heteroatoms. The van der Waals surface area contributed by atoms with Crippen LogP contribution in [0.5, 0.6) is 0 Å². The molecular weight excluding hydrogens is 434 g/mol. The molecule has 0 unspecified atom stereocenters. The van der Waals surface area contributed by atoms with Crippen molar-refractivity contribution in [1.29, 1.82) is 0 Å². The number of nitrogens with one attached hydrogen (secondary N) is 2. The Morgan fingerprint density at radius 3 is 1.12 bits per heavy atom. The predicted octanol–water partition coefficient (Wildman–Crippen LogP) is 6.02. The van der Waals surface area contributed by atoms with Crippen molar-refractivity contribution in [2.75, 3.05) is 0 Å². The Bertz CT molecular complexity index is 1090. The van der Waals surface area contributed by atoms with Crippen molar-refractivity contribution in [2.24, 2.45) is 10.2 Å². The zero-order valence-corrected chi connectivity index (χ0v) is 16.1. The van der Waals surface area contributed by atoms with Crippen molar-refractivity contribution in [2.45, 2.75) is 23.7 Å². The first-order chi connectivity index (χ1) is 15.1. The van der Waals surface area contributed by atoms with Crippen LogP contribution in [0.15, 0.2) is 83.0 Å². The molecule has 0 atom stereocenters. The van der Waals surface area contributed by atoms with Crippen LogP contribution in [0.4, 0.5) is 26.3 Å². The lowest BCUT2D eigenvalue weighted by atomic mass is 9.96. The van der Waals surface area contributed by atoms with Gasteiger partial charge in [-0.25, -0.2) is 10.9 Å². The van der Waals surface area contributed by atoms with E-state index < -0.39 is 23.7 Å². The third kappa shape index (κ3) is 3.18. The average molecular weight is 448 g/mol. The molecule has 3 aromatic carbocycles. The summed E-state index contributed by atoms with van der Waals surface area (Å²) in [6.45, 7) is 0. The van der Waals surface area contributed by atoms with E-state index in [9.17, 15) is 26.3 Å². The number of hydrazine groups is 1. The SMILES string of the molecule is FC(F)(F)C1(c2ccc(-c3ccc(-c4ccc(C5(C(F)(F)F)NN5)cc4)cc3)cc2)N=N1. The van der Waals surface area contributed by atoms with Crippen molar-refractivity contribution in [3.8, 4) is 22.3 Å². The molecule has 0 spiro atoms. The van der Waals surface area contributed by atoms with Gasteiger partial charge in [-0.3, -0.25) is 0 Å². The molecule has 4 nitrogen and oxygen atoms in total. The van der Waals surface area contributed by atoms with E-state index in [1.807, 2.05) is 0 Å². The zero-order valence-electron chi connectivity index (χ0n) is 16.1. The van der Waals surface area contributed by atoms with E-state index in [0.717, 1.165) is 16.7 Å². The largest absolute Gasteiger partial charge is 0.442 e. The van der Waals surface area contributed by atoms with Gasteiger partial charge in [-0.15, -0.1) is 10.2 Å². The highest BCUT2D eigenvalue weighted by atomic mass is 19.4. The van der Waals surface area contributed by atoms with Crippen LogP contribution in [-0.2, 0) is 11.3 Å². The van der Waals surface area contributed by atoms with Crippen LogP contribution in [-0.4, -0.2) is 12.4 Å². The van der Waals surface area contributed by atoms with Gasteiger partial charge in [0.05, 0.1) is 0 Å². The minimum Gasteiger partial charge on any atom is -0.223 e. The Morgan fingerprint density at radius 2 is 0.844 bits per heavy atom. The first-order valence-electron chi connectivity index (χ1n) is 9.50. The van der Waals surface area contributed by atoms with Crippen LogP contribution < -0.4 is 10.9 Å². The van der Waals surface area contributed by atoms with Crippen LogP contribution in [0.3, 0.4) is 0 Å². The summed E-state index contributed by atoms with van der Waals surface area (Å²) in [6, 6.07) is 19.1. The number of nitrogens with zero attached hydrogens (tertiary/aromatic N) is 2. The van der Waals surface area contributed by atoms with Crippen LogP contribution in [0.1, 0.15) is 11.1 Å². The zero-order chi connectivity index (χ0) is 22.8. The minimum absolute atomic E-state index is 0.0401. The van der Waals surface area contributed by atoms with E-state index in [2.05, 4.69) is 21.1 Å².